The number of aromatic nitrogens is 1. The fourth-order valence-corrected chi connectivity index (χ4v) is 2.08. The van der Waals surface area contributed by atoms with Crippen molar-refractivity contribution >= 4 is 28.9 Å². The number of carbonyl (C=O) groups excluding carboxylic acids is 1. The molecular weight excluding hydrogens is 274 g/mol. The Kier molecular flexibility index (Phi) is 4.58. The van der Waals surface area contributed by atoms with Gasteiger partial charge in [0.2, 0.25) is 5.91 Å². The van der Waals surface area contributed by atoms with Gasteiger partial charge in [-0.3, -0.25) is 9.78 Å². The van der Waals surface area contributed by atoms with Gasteiger partial charge in [0.25, 0.3) is 0 Å². The molecule has 2 rings (SSSR count). The SMILES string of the molecule is CC(=O)Nc1ccc(NC(C)c2ccccn2)cc1Cl. The molecule has 0 aliphatic heterocycles. The molecule has 5 heteroatoms. The third kappa shape index (κ3) is 3.71. The summed E-state index contributed by atoms with van der Waals surface area (Å²) in [5.74, 6) is -0.144. The zero-order valence-electron chi connectivity index (χ0n) is 11.4. The predicted molar refractivity (Wildman–Crippen MR) is 82.0 cm³/mol. The lowest BCUT2D eigenvalue weighted by Gasteiger charge is -2.15. The Morgan fingerprint density at radius 2 is 2.10 bits per heavy atom. The molecule has 1 aromatic heterocycles. The average Bonchev–Trinajstić information content (AvgIpc) is 2.42. The van der Waals surface area contributed by atoms with Crippen molar-refractivity contribution < 1.29 is 4.79 Å². The Morgan fingerprint density at radius 1 is 1.30 bits per heavy atom. The number of halogens is 1. The van der Waals surface area contributed by atoms with Gasteiger partial charge in [-0.05, 0) is 37.3 Å². The van der Waals surface area contributed by atoms with Gasteiger partial charge in [-0.2, -0.15) is 0 Å². The van der Waals surface area contributed by atoms with Crippen molar-refractivity contribution in [2.24, 2.45) is 0 Å². The topological polar surface area (TPSA) is 54.0 Å². The van der Waals surface area contributed by atoms with Gasteiger partial charge in [0, 0.05) is 18.8 Å². The Balaban J connectivity index is 2.10. The molecule has 1 atom stereocenters. The van der Waals surface area contributed by atoms with E-state index in [1.165, 1.54) is 6.92 Å². The number of carbonyl (C=O) groups is 1. The van der Waals surface area contributed by atoms with Crippen LogP contribution in [0.4, 0.5) is 11.4 Å². The number of benzene rings is 1. The molecule has 104 valence electrons. The highest BCUT2D eigenvalue weighted by atomic mass is 35.5. The van der Waals surface area contributed by atoms with E-state index in [-0.39, 0.29) is 11.9 Å². The summed E-state index contributed by atoms with van der Waals surface area (Å²) in [6, 6.07) is 11.3. The average molecular weight is 290 g/mol. The van der Waals surface area contributed by atoms with Crippen LogP contribution in [0.25, 0.3) is 0 Å². The second kappa shape index (κ2) is 6.39. The molecular formula is C15H16ClN3O. The summed E-state index contributed by atoms with van der Waals surface area (Å²) in [7, 11) is 0. The maximum absolute atomic E-state index is 11.0. The van der Waals surface area contributed by atoms with Gasteiger partial charge in [0.15, 0.2) is 0 Å². The normalized spacial score (nSPS) is 11.8. The first-order valence-electron chi connectivity index (χ1n) is 6.31. The summed E-state index contributed by atoms with van der Waals surface area (Å²) in [5, 5.41) is 6.49. The summed E-state index contributed by atoms with van der Waals surface area (Å²) in [6.07, 6.45) is 1.76. The number of nitrogens with zero attached hydrogens (tertiary/aromatic N) is 1. The fraction of sp³-hybridized carbons (Fsp3) is 0.200. The molecule has 0 spiro atoms. The summed E-state index contributed by atoms with van der Waals surface area (Å²) >= 11 is 6.13. The zero-order chi connectivity index (χ0) is 14.5. The minimum absolute atomic E-state index is 0.0684. The van der Waals surface area contributed by atoms with Crippen LogP contribution in [-0.4, -0.2) is 10.9 Å². The number of hydrogen-bond acceptors (Lipinski definition) is 3. The molecule has 1 amide bonds. The molecule has 1 heterocycles. The second-order valence-electron chi connectivity index (χ2n) is 4.50. The van der Waals surface area contributed by atoms with E-state index < -0.39 is 0 Å². The van der Waals surface area contributed by atoms with Crippen molar-refractivity contribution in [3.05, 3.63) is 53.3 Å². The van der Waals surface area contributed by atoms with Crippen molar-refractivity contribution in [1.29, 1.82) is 0 Å². The lowest BCUT2D eigenvalue weighted by Crippen LogP contribution is -2.09. The molecule has 20 heavy (non-hydrogen) atoms. The number of hydrogen-bond donors (Lipinski definition) is 2. The van der Waals surface area contributed by atoms with Crippen LogP contribution in [0.5, 0.6) is 0 Å². The van der Waals surface area contributed by atoms with Crippen molar-refractivity contribution in [1.82, 2.24) is 4.98 Å². The molecule has 1 unspecified atom stereocenters. The number of anilines is 2. The van der Waals surface area contributed by atoms with Gasteiger partial charge in [0.1, 0.15) is 0 Å². The zero-order valence-corrected chi connectivity index (χ0v) is 12.1. The number of nitrogens with one attached hydrogen (secondary N) is 2. The minimum atomic E-state index is -0.144. The molecule has 0 aliphatic carbocycles. The van der Waals surface area contributed by atoms with Gasteiger partial charge in [-0.1, -0.05) is 17.7 Å². The highest BCUT2D eigenvalue weighted by Gasteiger charge is 2.08. The van der Waals surface area contributed by atoms with E-state index in [0.29, 0.717) is 10.7 Å². The predicted octanol–water partition coefficient (Wildman–Crippen LogP) is 3.87. The lowest BCUT2D eigenvalue weighted by molar-refractivity contribution is -0.114. The third-order valence-corrected chi connectivity index (χ3v) is 3.11. The van der Waals surface area contributed by atoms with Crippen LogP contribution >= 0.6 is 11.6 Å². The first-order chi connectivity index (χ1) is 9.56. The number of rotatable bonds is 4. The molecule has 0 saturated carbocycles. The van der Waals surface area contributed by atoms with Crippen LogP contribution in [0.2, 0.25) is 5.02 Å². The van der Waals surface area contributed by atoms with Crippen LogP contribution in [0.15, 0.2) is 42.6 Å². The molecule has 0 saturated heterocycles. The minimum Gasteiger partial charge on any atom is -0.377 e. The highest BCUT2D eigenvalue weighted by molar-refractivity contribution is 6.34. The van der Waals surface area contributed by atoms with Crippen LogP contribution in [0.1, 0.15) is 25.6 Å². The largest absolute Gasteiger partial charge is 0.377 e. The van der Waals surface area contributed by atoms with Crippen LogP contribution < -0.4 is 10.6 Å². The van der Waals surface area contributed by atoms with Crippen LogP contribution in [0, 0.1) is 0 Å². The van der Waals surface area contributed by atoms with Crippen molar-refractivity contribution in [2.75, 3.05) is 10.6 Å². The van der Waals surface area contributed by atoms with E-state index in [1.807, 2.05) is 31.2 Å². The van der Waals surface area contributed by atoms with Crippen LogP contribution in [-0.2, 0) is 4.79 Å². The van der Waals surface area contributed by atoms with Crippen molar-refractivity contribution in [3.63, 3.8) is 0 Å². The first-order valence-corrected chi connectivity index (χ1v) is 6.68. The monoisotopic (exact) mass is 289 g/mol. The molecule has 0 aliphatic rings. The second-order valence-corrected chi connectivity index (χ2v) is 4.90. The summed E-state index contributed by atoms with van der Waals surface area (Å²) in [4.78, 5) is 15.3. The van der Waals surface area contributed by atoms with Gasteiger partial charge in [0.05, 0.1) is 22.4 Å². The molecule has 4 nitrogen and oxygen atoms in total. The quantitative estimate of drug-likeness (QED) is 0.898. The van der Waals surface area contributed by atoms with Gasteiger partial charge in [-0.25, -0.2) is 0 Å². The lowest BCUT2D eigenvalue weighted by atomic mass is 10.2. The van der Waals surface area contributed by atoms with E-state index in [2.05, 4.69) is 15.6 Å². The maximum atomic E-state index is 11.0. The molecule has 0 bridgehead atoms. The maximum Gasteiger partial charge on any atom is 0.221 e. The Labute approximate surface area is 123 Å². The number of amides is 1. The van der Waals surface area contributed by atoms with Gasteiger partial charge in [-0.15, -0.1) is 0 Å². The van der Waals surface area contributed by atoms with E-state index in [0.717, 1.165) is 11.4 Å². The van der Waals surface area contributed by atoms with E-state index in [1.54, 1.807) is 18.3 Å². The smallest absolute Gasteiger partial charge is 0.221 e. The standard InChI is InChI=1S/C15H16ClN3O/c1-10(14-5-3-4-8-17-14)18-12-6-7-15(13(16)9-12)19-11(2)20/h3-10,18H,1-2H3,(H,19,20). The van der Waals surface area contributed by atoms with E-state index >= 15 is 0 Å². The molecule has 0 fully saturated rings. The summed E-state index contributed by atoms with van der Waals surface area (Å²) in [5.41, 5.74) is 2.44. The molecule has 0 radical (unpaired) electrons. The highest BCUT2D eigenvalue weighted by Crippen LogP contribution is 2.27. The Hall–Kier alpha value is -2.07. The van der Waals surface area contributed by atoms with Gasteiger partial charge < -0.3 is 10.6 Å². The number of pyridine rings is 1. The third-order valence-electron chi connectivity index (χ3n) is 2.79. The Morgan fingerprint density at radius 3 is 2.70 bits per heavy atom. The van der Waals surface area contributed by atoms with Gasteiger partial charge >= 0.3 is 0 Å². The van der Waals surface area contributed by atoms with Crippen LogP contribution in [0.3, 0.4) is 0 Å². The van der Waals surface area contributed by atoms with E-state index in [4.69, 9.17) is 11.6 Å². The summed E-state index contributed by atoms with van der Waals surface area (Å²) in [6.45, 7) is 3.48. The van der Waals surface area contributed by atoms with Crippen molar-refractivity contribution in [3.8, 4) is 0 Å². The summed E-state index contributed by atoms with van der Waals surface area (Å²) < 4.78 is 0. The molecule has 2 N–H and O–H groups in total. The first kappa shape index (κ1) is 14.3. The fourth-order valence-electron chi connectivity index (χ4n) is 1.85. The molecule has 2 aromatic rings. The molecule has 1 aromatic carbocycles. The van der Waals surface area contributed by atoms with Crippen molar-refractivity contribution in [2.45, 2.75) is 19.9 Å². The Bertz CT molecular complexity index is 601. The van der Waals surface area contributed by atoms with E-state index in [9.17, 15) is 4.79 Å².